The number of amidine groups is 1. The summed E-state index contributed by atoms with van der Waals surface area (Å²) in [5.74, 6) is 2.69. The molecule has 1 aromatic heterocycles. The molecule has 2 aromatic rings. The van der Waals surface area contributed by atoms with E-state index < -0.39 is 6.17 Å². The maximum Gasteiger partial charge on any atom is 0.256 e. The molecule has 8 nitrogen and oxygen atoms in total. The lowest BCUT2D eigenvalue weighted by Crippen LogP contribution is -2.29. The first-order chi connectivity index (χ1) is 23.7. The van der Waals surface area contributed by atoms with Crippen molar-refractivity contribution in [1.29, 1.82) is 0 Å². The van der Waals surface area contributed by atoms with Crippen LogP contribution in [0.4, 0.5) is 4.39 Å². The molecule has 0 saturated heterocycles. The Balaban J connectivity index is 0.000000422. The second kappa shape index (κ2) is 20.1. The molecule has 0 bridgehead atoms. The van der Waals surface area contributed by atoms with Gasteiger partial charge in [0.05, 0.1) is 13.2 Å². The van der Waals surface area contributed by atoms with Crippen LogP contribution in [0.2, 0.25) is 0 Å². The van der Waals surface area contributed by atoms with Gasteiger partial charge in [0.25, 0.3) is 5.56 Å². The standard InChI is InChI=1S/C28H33FN4O3.C10H14O.C2H6/c1-5-8-25-30-19(3)18(2)28(34)33(25)16-20-11-13-22(24(29)14-12-20)15-21-9-6-7-10-23(21)27-31-26(35-4)17-36-32-27;1-9(2)11-10-7-5-3-4-6-8-10;1-2/h6-7,9-11,13,24H,5,8,12,14-17H2,1-4H3;3-7,9H,8H2,1-2H3;1-2H3. The molecule has 1 unspecified atom stereocenters. The highest BCUT2D eigenvalue weighted by molar-refractivity contribution is 6.07. The van der Waals surface area contributed by atoms with Gasteiger partial charge in [0.2, 0.25) is 11.7 Å². The summed E-state index contributed by atoms with van der Waals surface area (Å²) in [7, 11) is 1.54. The number of ether oxygens (including phenoxy) is 2. The molecule has 0 saturated carbocycles. The van der Waals surface area contributed by atoms with Crippen molar-refractivity contribution in [3.05, 3.63) is 122 Å². The third-order valence-electron chi connectivity index (χ3n) is 8.01. The maximum absolute atomic E-state index is 15.3. The Bertz CT molecular complexity index is 1680. The van der Waals surface area contributed by atoms with Crippen molar-refractivity contribution in [1.82, 2.24) is 9.55 Å². The van der Waals surface area contributed by atoms with Crippen LogP contribution in [0.3, 0.4) is 0 Å². The van der Waals surface area contributed by atoms with Gasteiger partial charge >= 0.3 is 0 Å². The highest BCUT2D eigenvalue weighted by Crippen LogP contribution is 2.27. The zero-order valence-electron chi connectivity index (χ0n) is 30.5. The van der Waals surface area contributed by atoms with Gasteiger partial charge in [-0.2, -0.15) is 4.99 Å². The lowest BCUT2D eigenvalue weighted by Gasteiger charge is -2.16. The van der Waals surface area contributed by atoms with Crippen LogP contribution in [0.1, 0.15) is 88.5 Å². The molecule has 49 heavy (non-hydrogen) atoms. The number of aliphatic imine (C=N–C) groups is 1. The van der Waals surface area contributed by atoms with Crippen molar-refractivity contribution in [3.63, 3.8) is 0 Å². The van der Waals surface area contributed by atoms with Crippen LogP contribution in [-0.4, -0.2) is 47.3 Å². The Kier molecular flexibility index (Phi) is 16.0. The number of nitrogens with zero attached hydrogens (tertiary/aromatic N) is 4. The Morgan fingerprint density at radius 3 is 2.59 bits per heavy atom. The first-order valence-corrected chi connectivity index (χ1v) is 17.4. The smallest absolute Gasteiger partial charge is 0.256 e. The molecule has 9 heteroatoms. The van der Waals surface area contributed by atoms with Gasteiger partial charge in [0.1, 0.15) is 17.8 Å². The number of hydrogen-bond donors (Lipinski definition) is 0. The van der Waals surface area contributed by atoms with E-state index in [1.165, 1.54) is 7.11 Å². The molecule has 264 valence electrons. The first kappa shape index (κ1) is 38.9. The van der Waals surface area contributed by atoms with Crippen LogP contribution < -0.4 is 5.56 Å². The number of aromatic nitrogens is 2. The van der Waals surface area contributed by atoms with E-state index in [1.807, 2.05) is 102 Å². The minimum Gasteiger partial charge on any atom is -0.495 e. The third-order valence-corrected chi connectivity index (χ3v) is 8.01. The number of benzene rings is 1. The van der Waals surface area contributed by atoms with Crippen LogP contribution in [0.5, 0.6) is 0 Å². The Morgan fingerprint density at radius 2 is 1.86 bits per heavy atom. The summed E-state index contributed by atoms with van der Waals surface area (Å²) in [4.78, 5) is 27.4. The lowest BCUT2D eigenvalue weighted by molar-refractivity contribution is 0.144. The molecule has 5 rings (SSSR count). The molecule has 1 aliphatic heterocycles. The summed E-state index contributed by atoms with van der Waals surface area (Å²) in [6, 6.07) is 7.67. The topological polar surface area (TPSA) is 87.3 Å². The number of alkyl halides is 1. The SMILES string of the molecule is CC.CC(C)OC1=CC=CC=CC1.CCCc1nc(C)c(C)c(=O)n1CC1=CC=C(Cc2ccccc2C2=NOCC(OC)=N2)C(F)CC1. The van der Waals surface area contributed by atoms with Gasteiger partial charge in [-0.05, 0) is 70.6 Å². The minimum absolute atomic E-state index is 0.0162. The van der Waals surface area contributed by atoms with Gasteiger partial charge in [-0.25, -0.2) is 9.37 Å². The van der Waals surface area contributed by atoms with Crippen LogP contribution in [0, 0.1) is 13.8 Å². The Morgan fingerprint density at radius 1 is 1.08 bits per heavy atom. The first-order valence-electron chi connectivity index (χ1n) is 17.4. The van der Waals surface area contributed by atoms with Crippen molar-refractivity contribution < 1.29 is 18.7 Å². The quantitative estimate of drug-likeness (QED) is 0.266. The van der Waals surface area contributed by atoms with Crippen LogP contribution in [0.15, 0.2) is 98.6 Å². The molecular weight excluding hydrogens is 619 g/mol. The molecule has 0 spiro atoms. The number of aryl methyl sites for hydroxylation is 2. The van der Waals surface area contributed by atoms with Crippen LogP contribution in [-0.2, 0) is 33.7 Å². The van der Waals surface area contributed by atoms with E-state index in [9.17, 15) is 4.79 Å². The summed E-state index contributed by atoms with van der Waals surface area (Å²) in [5.41, 5.74) is 4.81. The van der Waals surface area contributed by atoms with Gasteiger partial charge in [-0.3, -0.25) is 9.36 Å². The van der Waals surface area contributed by atoms with Gasteiger partial charge in [0, 0.05) is 36.2 Å². The zero-order chi connectivity index (χ0) is 35.8. The molecule has 1 aromatic carbocycles. The number of oxime groups is 1. The fourth-order valence-electron chi connectivity index (χ4n) is 5.40. The van der Waals surface area contributed by atoms with Gasteiger partial charge in [-0.15, -0.1) is 0 Å². The summed E-state index contributed by atoms with van der Waals surface area (Å²) in [6.07, 6.45) is 17.1. The predicted octanol–water partition coefficient (Wildman–Crippen LogP) is 8.61. The molecule has 0 N–H and O–H groups in total. The summed E-state index contributed by atoms with van der Waals surface area (Å²) >= 11 is 0. The fraction of sp³-hybridized carbons (Fsp3) is 0.450. The van der Waals surface area contributed by atoms with E-state index in [0.717, 1.165) is 53.2 Å². The van der Waals surface area contributed by atoms with Crippen molar-refractivity contribution in [3.8, 4) is 0 Å². The van der Waals surface area contributed by atoms with Crippen LogP contribution >= 0.6 is 0 Å². The molecule has 2 aliphatic carbocycles. The van der Waals surface area contributed by atoms with Crippen molar-refractivity contribution >= 4 is 11.7 Å². The van der Waals surface area contributed by atoms with Gasteiger partial charge < -0.3 is 14.3 Å². The highest BCUT2D eigenvalue weighted by Gasteiger charge is 2.21. The van der Waals surface area contributed by atoms with E-state index in [4.69, 9.17) is 14.3 Å². The van der Waals surface area contributed by atoms with Crippen molar-refractivity contribution in [2.75, 3.05) is 13.7 Å². The largest absolute Gasteiger partial charge is 0.495 e. The number of allylic oxidation sites excluding steroid dienone is 9. The summed E-state index contributed by atoms with van der Waals surface area (Å²) in [5, 5.41) is 4.08. The van der Waals surface area contributed by atoms with Crippen molar-refractivity contribution in [2.45, 2.75) is 106 Å². The monoisotopic (exact) mass is 672 g/mol. The summed E-state index contributed by atoms with van der Waals surface area (Å²) < 4.78 is 27.8. The normalized spacial score (nSPS) is 16.9. The molecule has 2 heterocycles. The van der Waals surface area contributed by atoms with E-state index in [1.54, 1.807) is 4.57 Å². The Labute approximate surface area is 291 Å². The summed E-state index contributed by atoms with van der Waals surface area (Å²) in [6.45, 7) is 14.5. The Hall–Kier alpha value is -4.53. The molecular formula is C40H53FN4O4. The van der Waals surface area contributed by atoms with Crippen molar-refractivity contribution in [2.24, 2.45) is 10.1 Å². The number of halogens is 1. The third kappa shape index (κ3) is 11.5. The minimum atomic E-state index is -1.08. The lowest BCUT2D eigenvalue weighted by atomic mass is 9.95. The highest BCUT2D eigenvalue weighted by atomic mass is 19.1. The molecule has 0 amide bonds. The van der Waals surface area contributed by atoms with E-state index in [2.05, 4.69) is 28.1 Å². The predicted molar refractivity (Wildman–Crippen MR) is 198 cm³/mol. The van der Waals surface area contributed by atoms with E-state index in [0.29, 0.717) is 48.7 Å². The molecule has 0 fully saturated rings. The molecule has 1 atom stereocenters. The number of methoxy groups -OCH3 is 1. The number of hydrogen-bond acceptors (Lipinski definition) is 7. The second-order valence-corrected chi connectivity index (χ2v) is 12.0. The average Bonchev–Trinajstić information content (AvgIpc) is 3.47. The van der Waals surface area contributed by atoms with Gasteiger partial charge in [0.15, 0.2) is 6.61 Å². The number of rotatable bonds is 9. The zero-order valence-corrected chi connectivity index (χ0v) is 30.5. The second-order valence-electron chi connectivity index (χ2n) is 12.0. The van der Waals surface area contributed by atoms with Crippen LogP contribution in [0.25, 0.3) is 0 Å². The molecule has 0 radical (unpaired) electrons. The molecule has 3 aliphatic rings. The average molecular weight is 673 g/mol. The maximum atomic E-state index is 15.3. The van der Waals surface area contributed by atoms with E-state index in [-0.39, 0.29) is 18.3 Å². The fourth-order valence-corrected chi connectivity index (χ4v) is 5.40. The van der Waals surface area contributed by atoms with E-state index >= 15 is 4.39 Å². The van der Waals surface area contributed by atoms with Gasteiger partial charge in [-0.1, -0.05) is 92.2 Å².